The fourth-order valence-electron chi connectivity index (χ4n) is 2.65. The highest BCUT2D eigenvalue weighted by Crippen LogP contribution is 2.26. The highest BCUT2D eigenvalue weighted by Gasteiger charge is 2.32. The van der Waals surface area contributed by atoms with E-state index >= 15 is 0 Å². The van der Waals surface area contributed by atoms with Gasteiger partial charge in [-0.05, 0) is 48.4 Å². The third kappa shape index (κ3) is 2.68. The molecule has 0 bridgehead atoms. The summed E-state index contributed by atoms with van der Waals surface area (Å²) >= 11 is 5.99. The summed E-state index contributed by atoms with van der Waals surface area (Å²) in [6.45, 7) is 1.26. The van der Waals surface area contributed by atoms with E-state index in [9.17, 15) is 18.4 Å². The Balaban J connectivity index is 2.44. The molecule has 0 aliphatic carbocycles. The molecule has 1 aliphatic heterocycles. The molecule has 23 heavy (non-hydrogen) atoms. The molecule has 0 N–H and O–H groups in total. The number of halogens is 3. The first-order chi connectivity index (χ1) is 10.9. The molecule has 1 atom stereocenters. The van der Waals surface area contributed by atoms with Crippen LogP contribution >= 0.6 is 11.6 Å². The number of Topliss-reactive ketones (excluding diaryl/α,β-unsaturated/α-hetero) is 1. The number of hydrogen-bond acceptors (Lipinski definition) is 2. The zero-order valence-corrected chi connectivity index (χ0v) is 12.7. The lowest BCUT2D eigenvalue weighted by atomic mass is 9.85. The second-order valence-electron chi connectivity index (χ2n) is 5.20. The van der Waals surface area contributed by atoms with Crippen molar-refractivity contribution in [3.8, 4) is 0 Å². The number of amides is 1. The molecule has 0 unspecified atom stereocenters. The summed E-state index contributed by atoms with van der Waals surface area (Å²) in [5.74, 6) is -4.29. The van der Waals surface area contributed by atoms with Crippen molar-refractivity contribution >= 4 is 28.9 Å². The first-order valence-electron chi connectivity index (χ1n) is 6.76. The molecule has 116 valence electrons. The van der Waals surface area contributed by atoms with Gasteiger partial charge < -0.3 is 0 Å². The first kappa shape index (κ1) is 15.5. The number of carbonyl (C=O) groups excluding carboxylic acids is 2. The molecule has 0 saturated heterocycles. The van der Waals surface area contributed by atoms with Crippen molar-refractivity contribution in [1.29, 1.82) is 0 Å². The lowest BCUT2D eigenvalue weighted by Gasteiger charge is -2.19. The Labute approximate surface area is 134 Å². The molecule has 2 aromatic carbocycles. The van der Waals surface area contributed by atoms with Crippen molar-refractivity contribution < 1.29 is 18.4 Å². The van der Waals surface area contributed by atoms with Crippen LogP contribution in [0.5, 0.6) is 0 Å². The fourth-order valence-corrected chi connectivity index (χ4v) is 2.82. The van der Waals surface area contributed by atoms with Crippen molar-refractivity contribution in [3.05, 3.63) is 69.2 Å². The quantitative estimate of drug-likeness (QED) is 0.791. The Morgan fingerprint density at radius 2 is 1.87 bits per heavy atom. The van der Waals surface area contributed by atoms with Crippen LogP contribution in [0, 0.1) is 17.6 Å². The number of benzene rings is 2. The van der Waals surface area contributed by atoms with Crippen LogP contribution in [0.4, 0.5) is 8.78 Å². The molecule has 0 fully saturated rings. The minimum absolute atomic E-state index is 0.246. The zero-order valence-electron chi connectivity index (χ0n) is 11.9. The minimum atomic E-state index is -1.16. The zero-order chi connectivity index (χ0) is 16.7. The molecule has 3 nitrogen and oxygen atoms in total. The van der Waals surface area contributed by atoms with Crippen LogP contribution in [-0.4, -0.2) is 11.7 Å². The van der Waals surface area contributed by atoms with Gasteiger partial charge in [0.25, 0.3) is 5.91 Å². The average Bonchev–Trinajstić information content (AvgIpc) is 2.49. The lowest BCUT2D eigenvalue weighted by Crippen LogP contribution is -2.40. The van der Waals surface area contributed by atoms with E-state index in [1.54, 1.807) is 18.2 Å². The van der Waals surface area contributed by atoms with E-state index in [-0.39, 0.29) is 11.1 Å². The molecular weight excluding hydrogens is 324 g/mol. The second kappa shape index (κ2) is 5.66. The Kier molecular flexibility index (Phi) is 3.82. The molecule has 0 radical (unpaired) electrons. The van der Waals surface area contributed by atoms with Crippen LogP contribution in [0.25, 0.3) is 5.57 Å². The third-order valence-corrected chi connectivity index (χ3v) is 3.89. The topological polar surface area (TPSA) is 46.5 Å². The highest BCUT2D eigenvalue weighted by molar-refractivity contribution is 6.30. The van der Waals surface area contributed by atoms with Crippen molar-refractivity contribution in [2.45, 2.75) is 6.92 Å². The average molecular weight is 334 g/mol. The van der Waals surface area contributed by atoms with Crippen LogP contribution in [0.1, 0.15) is 12.5 Å². The number of carbonyl (C=O) groups is 2. The SMILES string of the molecule is CC(=O)[C@H]1C(=O)N=c2ccc(Cl)cc2=C1c1ccc(F)c(F)c1. The molecule has 2 aromatic rings. The Morgan fingerprint density at radius 3 is 2.52 bits per heavy atom. The van der Waals surface area contributed by atoms with Gasteiger partial charge in [0.2, 0.25) is 0 Å². The number of rotatable bonds is 2. The molecule has 6 heteroatoms. The van der Waals surface area contributed by atoms with E-state index in [0.717, 1.165) is 12.1 Å². The Hall–Kier alpha value is -2.40. The van der Waals surface area contributed by atoms with Gasteiger partial charge in [0.05, 0.1) is 5.36 Å². The van der Waals surface area contributed by atoms with Crippen molar-refractivity contribution in [3.63, 3.8) is 0 Å². The normalized spacial score (nSPS) is 16.8. The maximum Gasteiger partial charge on any atom is 0.261 e. The van der Waals surface area contributed by atoms with Gasteiger partial charge in [-0.3, -0.25) is 9.59 Å². The summed E-state index contributed by atoms with van der Waals surface area (Å²) in [6.07, 6.45) is 0. The summed E-state index contributed by atoms with van der Waals surface area (Å²) in [4.78, 5) is 28.0. The number of hydrogen-bond donors (Lipinski definition) is 0. The van der Waals surface area contributed by atoms with Gasteiger partial charge in [0.1, 0.15) is 11.7 Å². The van der Waals surface area contributed by atoms with E-state index in [1.165, 1.54) is 13.0 Å². The number of nitrogens with zero attached hydrogens (tertiary/aromatic N) is 1. The predicted octanol–water partition coefficient (Wildman–Crippen LogP) is 2.18. The molecule has 1 heterocycles. The van der Waals surface area contributed by atoms with Gasteiger partial charge in [-0.2, -0.15) is 0 Å². The fraction of sp³-hybridized carbons (Fsp3) is 0.118. The van der Waals surface area contributed by atoms with Crippen LogP contribution in [0.3, 0.4) is 0 Å². The predicted molar refractivity (Wildman–Crippen MR) is 80.3 cm³/mol. The van der Waals surface area contributed by atoms with Gasteiger partial charge in [0.15, 0.2) is 11.6 Å². The van der Waals surface area contributed by atoms with Crippen LogP contribution in [-0.2, 0) is 9.59 Å². The van der Waals surface area contributed by atoms with Crippen LogP contribution < -0.4 is 10.6 Å². The van der Waals surface area contributed by atoms with Crippen molar-refractivity contribution in [2.75, 3.05) is 0 Å². The Morgan fingerprint density at radius 1 is 1.13 bits per heavy atom. The molecule has 0 aromatic heterocycles. The van der Waals surface area contributed by atoms with Crippen LogP contribution in [0.2, 0.25) is 5.02 Å². The Bertz CT molecular complexity index is 969. The first-order valence-corrected chi connectivity index (χ1v) is 7.14. The van der Waals surface area contributed by atoms with Gasteiger partial charge in [0, 0.05) is 10.2 Å². The summed E-state index contributed by atoms with van der Waals surface area (Å²) < 4.78 is 26.8. The van der Waals surface area contributed by atoms with Gasteiger partial charge in [-0.25, -0.2) is 13.8 Å². The van der Waals surface area contributed by atoms with E-state index in [1.807, 2.05) is 0 Å². The van der Waals surface area contributed by atoms with E-state index < -0.39 is 29.2 Å². The highest BCUT2D eigenvalue weighted by atomic mass is 35.5. The summed E-state index contributed by atoms with van der Waals surface area (Å²) in [7, 11) is 0. The largest absolute Gasteiger partial charge is 0.299 e. The van der Waals surface area contributed by atoms with Crippen LogP contribution in [0.15, 0.2) is 41.4 Å². The monoisotopic (exact) mass is 333 g/mol. The molecule has 3 rings (SSSR count). The molecule has 1 aliphatic rings. The summed E-state index contributed by atoms with van der Waals surface area (Å²) in [5.41, 5.74) is 0.532. The second-order valence-corrected chi connectivity index (χ2v) is 5.63. The summed E-state index contributed by atoms with van der Waals surface area (Å²) in [6, 6.07) is 7.91. The number of ketones is 1. The van der Waals surface area contributed by atoms with Crippen molar-refractivity contribution in [1.82, 2.24) is 0 Å². The minimum Gasteiger partial charge on any atom is -0.299 e. The number of fused-ring (bicyclic) bond motifs is 1. The molecule has 0 saturated carbocycles. The molecule has 0 spiro atoms. The molecular formula is C17H10ClF2NO2. The maximum atomic E-state index is 13.6. The molecule has 1 amide bonds. The lowest BCUT2D eigenvalue weighted by molar-refractivity contribution is -0.128. The third-order valence-electron chi connectivity index (χ3n) is 3.65. The van der Waals surface area contributed by atoms with Gasteiger partial charge in [-0.15, -0.1) is 0 Å². The maximum absolute atomic E-state index is 13.6. The van der Waals surface area contributed by atoms with Crippen molar-refractivity contribution in [2.24, 2.45) is 10.9 Å². The summed E-state index contributed by atoms with van der Waals surface area (Å²) in [5, 5.41) is 1.19. The smallest absolute Gasteiger partial charge is 0.261 e. The van der Waals surface area contributed by atoms with Gasteiger partial charge in [-0.1, -0.05) is 17.7 Å². The van der Waals surface area contributed by atoms with E-state index in [2.05, 4.69) is 4.99 Å². The van der Waals surface area contributed by atoms with Gasteiger partial charge >= 0.3 is 0 Å². The van der Waals surface area contributed by atoms with E-state index in [0.29, 0.717) is 15.6 Å². The van der Waals surface area contributed by atoms with E-state index in [4.69, 9.17) is 11.6 Å². The standard InChI is InChI=1S/C17H10ClF2NO2/c1-8(22)15-16(9-2-4-12(19)13(20)6-9)11-7-10(18)3-5-14(11)21-17(15)23/h2-7,15H,1H3/t15-/m1/s1.